The van der Waals surface area contributed by atoms with Crippen LogP contribution in [0.5, 0.6) is 5.75 Å². The first kappa shape index (κ1) is 15.7. The minimum Gasteiger partial charge on any atom is -0.493 e. The van der Waals surface area contributed by atoms with Gasteiger partial charge in [0.05, 0.1) is 12.6 Å². The Morgan fingerprint density at radius 3 is 3.05 bits per heavy atom. The van der Waals surface area contributed by atoms with Crippen LogP contribution in [0.4, 0.5) is 4.39 Å². The first-order valence-corrected chi connectivity index (χ1v) is 6.07. The van der Waals surface area contributed by atoms with Gasteiger partial charge in [0.1, 0.15) is 11.6 Å². The molecule has 0 aliphatic carbocycles. The molecule has 1 aromatic rings. The van der Waals surface area contributed by atoms with E-state index in [2.05, 4.69) is 10.6 Å². The zero-order valence-corrected chi connectivity index (χ0v) is 11.6. The molecule has 0 radical (unpaired) electrons. The third kappa shape index (κ3) is 4.08. The van der Waals surface area contributed by atoms with Crippen LogP contribution in [0.2, 0.25) is 0 Å². The van der Waals surface area contributed by atoms with E-state index in [4.69, 9.17) is 4.74 Å². The summed E-state index contributed by atoms with van der Waals surface area (Å²) in [6.45, 7) is 1.17. The summed E-state index contributed by atoms with van der Waals surface area (Å²) >= 11 is 0. The van der Waals surface area contributed by atoms with E-state index >= 15 is 0 Å². The fraction of sp³-hybridized carbons (Fsp3) is 0.462. The zero-order chi connectivity index (χ0) is 13.0. The summed E-state index contributed by atoms with van der Waals surface area (Å²) in [5, 5.41) is 5.83. The molecule has 6 heteroatoms. The highest BCUT2D eigenvalue weighted by molar-refractivity contribution is 5.85. The summed E-state index contributed by atoms with van der Waals surface area (Å²) in [5.41, 5.74) is 0.721. The van der Waals surface area contributed by atoms with Crippen LogP contribution in [0.3, 0.4) is 0 Å². The van der Waals surface area contributed by atoms with Crippen LogP contribution < -0.4 is 15.4 Å². The van der Waals surface area contributed by atoms with E-state index in [1.165, 1.54) is 12.1 Å². The topological polar surface area (TPSA) is 50.4 Å². The number of hydrogen-bond acceptors (Lipinski definition) is 3. The van der Waals surface area contributed by atoms with Crippen molar-refractivity contribution in [2.75, 3.05) is 20.2 Å². The monoisotopic (exact) mass is 288 g/mol. The number of benzene rings is 1. The Kier molecular flexibility index (Phi) is 6.05. The van der Waals surface area contributed by atoms with Gasteiger partial charge < -0.3 is 15.4 Å². The molecule has 1 amide bonds. The van der Waals surface area contributed by atoms with Crippen LogP contribution in [-0.2, 0) is 4.79 Å². The minimum atomic E-state index is -0.311. The Labute approximate surface area is 118 Å². The second-order valence-corrected chi connectivity index (χ2v) is 4.29. The predicted octanol–water partition coefficient (Wildman–Crippen LogP) is 1.80. The van der Waals surface area contributed by atoms with E-state index in [1.807, 2.05) is 0 Å². The molecule has 1 unspecified atom stereocenters. The van der Waals surface area contributed by atoms with Crippen LogP contribution in [0.15, 0.2) is 18.2 Å². The van der Waals surface area contributed by atoms with E-state index in [1.54, 1.807) is 13.1 Å². The van der Waals surface area contributed by atoms with Crippen LogP contribution in [0.1, 0.15) is 24.4 Å². The molecule has 0 saturated carbocycles. The molecule has 0 bridgehead atoms. The van der Waals surface area contributed by atoms with Gasteiger partial charge in [0.15, 0.2) is 0 Å². The second-order valence-electron chi connectivity index (χ2n) is 4.29. The average Bonchev–Trinajstić information content (AvgIpc) is 2.37. The highest BCUT2D eigenvalue weighted by Crippen LogP contribution is 2.32. The van der Waals surface area contributed by atoms with Crippen molar-refractivity contribution in [1.29, 1.82) is 0 Å². The van der Waals surface area contributed by atoms with Crippen molar-refractivity contribution in [2.45, 2.75) is 18.9 Å². The summed E-state index contributed by atoms with van der Waals surface area (Å²) < 4.78 is 18.7. The largest absolute Gasteiger partial charge is 0.493 e. The number of halogens is 2. The third-order valence-electron chi connectivity index (χ3n) is 2.95. The van der Waals surface area contributed by atoms with Crippen LogP contribution in [-0.4, -0.2) is 26.1 Å². The first-order valence-electron chi connectivity index (χ1n) is 6.07. The maximum Gasteiger partial charge on any atom is 0.221 e. The normalized spacial score (nSPS) is 16.8. The summed E-state index contributed by atoms with van der Waals surface area (Å²) in [5.74, 6) is 0.307. The van der Waals surface area contributed by atoms with E-state index in [-0.39, 0.29) is 30.2 Å². The van der Waals surface area contributed by atoms with Gasteiger partial charge in [0.25, 0.3) is 0 Å². The Balaban J connectivity index is 0.00000180. The van der Waals surface area contributed by atoms with Gasteiger partial charge >= 0.3 is 0 Å². The number of amides is 1. The van der Waals surface area contributed by atoms with Crippen molar-refractivity contribution in [2.24, 2.45) is 0 Å². The summed E-state index contributed by atoms with van der Waals surface area (Å²) in [6, 6.07) is 4.24. The third-order valence-corrected chi connectivity index (χ3v) is 2.95. The highest BCUT2D eigenvalue weighted by Gasteiger charge is 2.23. The standard InChI is InChI=1S/C13H17FN2O2.ClH/c1-15-6-4-13(17)16-11-5-7-18-12-3-2-9(14)8-10(11)12;/h2-3,8,11,15H,4-7H2,1H3,(H,16,17);1H. The van der Waals surface area contributed by atoms with E-state index in [9.17, 15) is 9.18 Å². The molecular weight excluding hydrogens is 271 g/mol. The first-order chi connectivity index (χ1) is 8.70. The molecule has 2 N–H and O–H groups in total. The van der Waals surface area contributed by atoms with Crippen molar-refractivity contribution in [3.8, 4) is 5.75 Å². The SMILES string of the molecule is CNCCC(=O)NC1CCOc2ccc(F)cc21.Cl. The van der Waals surface area contributed by atoms with E-state index in [0.29, 0.717) is 31.7 Å². The number of ether oxygens (including phenoxy) is 1. The number of nitrogens with one attached hydrogen (secondary N) is 2. The quantitative estimate of drug-likeness (QED) is 0.888. The number of carbonyl (C=O) groups is 1. The van der Waals surface area contributed by atoms with Crippen molar-refractivity contribution in [1.82, 2.24) is 10.6 Å². The van der Waals surface area contributed by atoms with Gasteiger partial charge in [-0.2, -0.15) is 0 Å². The fourth-order valence-electron chi connectivity index (χ4n) is 2.02. The number of carbonyl (C=O) groups excluding carboxylic acids is 1. The molecule has 1 atom stereocenters. The molecule has 0 aromatic heterocycles. The van der Waals surface area contributed by atoms with Gasteiger partial charge in [0, 0.05) is 24.9 Å². The van der Waals surface area contributed by atoms with Crippen molar-refractivity contribution < 1.29 is 13.9 Å². The molecule has 0 saturated heterocycles. The minimum absolute atomic E-state index is 0. The molecule has 1 aliphatic rings. The lowest BCUT2D eigenvalue weighted by molar-refractivity contribution is -0.121. The van der Waals surface area contributed by atoms with E-state index < -0.39 is 0 Å². The van der Waals surface area contributed by atoms with Crippen molar-refractivity contribution >= 4 is 18.3 Å². The summed E-state index contributed by atoms with van der Waals surface area (Å²) in [6.07, 6.45) is 1.08. The van der Waals surface area contributed by atoms with Gasteiger partial charge in [-0.05, 0) is 25.2 Å². The lowest BCUT2D eigenvalue weighted by atomic mass is 10.0. The molecule has 0 spiro atoms. The average molecular weight is 289 g/mol. The van der Waals surface area contributed by atoms with Gasteiger partial charge in [-0.15, -0.1) is 12.4 Å². The molecular formula is C13H18ClFN2O2. The Morgan fingerprint density at radius 2 is 2.32 bits per heavy atom. The molecule has 1 aliphatic heterocycles. The maximum absolute atomic E-state index is 13.2. The van der Waals surface area contributed by atoms with Gasteiger partial charge in [-0.25, -0.2) is 4.39 Å². The molecule has 4 nitrogen and oxygen atoms in total. The molecule has 1 aromatic carbocycles. The predicted molar refractivity (Wildman–Crippen MR) is 73.2 cm³/mol. The highest BCUT2D eigenvalue weighted by atomic mass is 35.5. The van der Waals surface area contributed by atoms with Gasteiger partial charge in [0.2, 0.25) is 5.91 Å². The Bertz CT molecular complexity index is 443. The zero-order valence-electron chi connectivity index (χ0n) is 10.7. The molecule has 2 rings (SSSR count). The fourth-order valence-corrected chi connectivity index (χ4v) is 2.02. The second kappa shape index (κ2) is 7.31. The molecule has 19 heavy (non-hydrogen) atoms. The molecule has 1 heterocycles. The number of hydrogen-bond donors (Lipinski definition) is 2. The summed E-state index contributed by atoms with van der Waals surface area (Å²) in [7, 11) is 1.80. The van der Waals surface area contributed by atoms with Crippen LogP contribution in [0.25, 0.3) is 0 Å². The molecule has 0 fully saturated rings. The van der Waals surface area contributed by atoms with Gasteiger partial charge in [-0.3, -0.25) is 4.79 Å². The smallest absolute Gasteiger partial charge is 0.221 e. The van der Waals surface area contributed by atoms with Crippen molar-refractivity contribution in [3.05, 3.63) is 29.6 Å². The van der Waals surface area contributed by atoms with Crippen LogP contribution in [0, 0.1) is 5.82 Å². The lowest BCUT2D eigenvalue weighted by Gasteiger charge is -2.26. The maximum atomic E-state index is 13.2. The van der Waals surface area contributed by atoms with Gasteiger partial charge in [-0.1, -0.05) is 0 Å². The van der Waals surface area contributed by atoms with E-state index in [0.717, 1.165) is 5.56 Å². The summed E-state index contributed by atoms with van der Waals surface area (Å²) in [4.78, 5) is 11.7. The van der Waals surface area contributed by atoms with Crippen LogP contribution >= 0.6 is 12.4 Å². The lowest BCUT2D eigenvalue weighted by Crippen LogP contribution is -2.33. The number of rotatable bonds is 4. The molecule has 106 valence electrons. The Hall–Kier alpha value is -1.33. The van der Waals surface area contributed by atoms with Crippen molar-refractivity contribution in [3.63, 3.8) is 0 Å². The Morgan fingerprint density at radius 1 is 1.53 bits per heavy atom. The number of fused-ring (bicyclic) bond motifs is 1.